The molecule has 0 bridgehead atoms. The second-order valence-electron chi connectivity index (χ2n) is 3.00. The molecule has 0 aliphatic rings. The molecule has 0 radical (unpaired) electrons. The van der Waals surface area contributed by atoms with E-state index in [9.17, 15) is 0 Å². The molecular weight excluding hydrogens is 251 g/mol. The van der Waals surface area contributed by atoms with Gasteiger partial charge in [-0.15, -0.1) is 11.6 Å². The summed E-state index contributed by atoms with van der Waals surface area (Å²) in [6.45, 7) is 2.77. The standard InChI is InChI=1S/C9H12BrClN2/c1-7(11)6-13(2)9-4-3-8(10)5-12-9/h3-5,7H,6H2,1-2H3. The molecule has 0 spiro atoms. The first-order valence-electron chi connectivity index (χ1n) is 4.06. The van der Waals surface area contributed by atoms with Gasteiger partial charge in [-0.1, -0.05) is 0 Å². The van der Waals surface area contributed by atoms with E-state index in [-0.39, 0.29) is 5.38 Å². The zero-order valence-corrected chi connectivity index (χ0v) is 10.0. The maximum absolute atomic E-state index is 5.88. The van der Waals surface area contributed by atoms with Crippen molar-refractivity contribution in [2.75, 3.05) is 18.5 Å². The Morgan fingerprint density at radius 3 is 2.77 bits per heavy atom. The third-order valence-corrected chi connectivity index (χ3v) is 2.24. The first-order chi connectivity index (χ1) is 6.09. The van der Waals surface area contributed by atoms with Gasteiger partial charge in [-0.05, 0) is 35.0 Å². The van der Waals surface area contributed by atoms with Gasteiger partial charge in [0, 0.05) is 29.6 Å². The summed E-state index contributed by atoms with van der Waals surface area (Å²) in [6, 6.07) is 3.93. The Bertz CT molecular complexity index is 261. The quantitative estimate of drug-likeness (QED) is 0.780. The average Bonchev–Trinajstić information content (AvgIpc) is 2.04. The average molecular weight is 264 g/mol. The van der Waals surface area contributed by atoms with E-state index in [4.69, 9.17) is 11.6 Å². The molecule has 0 amide bonds. The molecule has 0 fully saturated rings. The third-order valence-electron chi connectivity index (χ3n) is 1.63. The van der Waals surface area contributed by atoms with Gasteiger partial charge in [0.25, 0.3) is 0 Å². The molecule has 0 N–H and O–H groups in total. The Kier molecular flexibility index (Phi) is 4.00. The monoisotopic (exact) mass is 262 g/mol. The Balaban J connectivity index is 2.66. The normalized spacial score (nSPS) is 12.6. The highest BCUT2D eigenvalue weighted by Gasteiger charge is 2.04. The molecule has 2 nitrogen and oxygen atoms in total. The predicted molar refractivity (Wildman–Crippen MR) is 60.5 cm³/mol. The minimum Gasteiger partial charge on any atom is -0.358 e. The fraction of sp³-hybridized carbons (Fsp3) is 0.444. The minimum absolute atomic E-state index is 0.135. The molecule has 1 aromatic heterocycles. The molecule has 4 heteroatoms. The first-order valence-corrected chi connectivity index (χ1v) is 5.29. The van der Waals surface area contributed by atoms with Crippen LogP contribution in [0.25, 0.3) is 0 Å². The van der Waals surface area contributed by atoms with E-state index in [1.807, 2.05) is 31.0 Å². The van der Waals surface area contributed by atoms with Gasteiger partial charge < -0.3 is 4.90 Å². The lowest BCUT2D eigenvalue weighted by Gasteiger charge is -2.19. The fourth-order valence-electron chi connectivity index (χ4n) is 1.06. The van der Waals surface area contributed by atoms with E-state index in [2.05, 4.69) is 20.9 Å². The maximum atomic E-state index is 5.88. The van der Waals surface area contributed by atoms with Crippen LogP contribution in [0.1, 0.15) is 6.92 Å². The number of halogens is 2. The van der Waals surface area contributed by atoms with Gasteiger partial charge in [-0.3, -0.25) is 0 Å². The SMILES string of the molecule is CC(Cl)CN(C)c1ccc(Br)cn1. The summed E-state index contributed by atoms with van der Waals surface area (Å²) >= 11 is 9.21. The molecule has 1 atom stereocenters. The van der Waals surface area contributed by atoms with Crippen LogP contribution >= 0.6 is 27.5 Å². The molecule has 1 heterocycles. The second kappa shape index (κ2) is 4.82. The molecule has 1 rings (SSSR count). The highest BCUT2D eigenvalue weighted by atomic mass is 79.9. The number of rotatable bonds is 3. The molecule has 72 valence electrons. The number of hydrogen-bond acceptors (Lipinski definition) is 2. The molecule has 1 unspecified atom stereocenters. The highest BCUT2D eigenvalue weighted by Crippen LogP contribution is 2.14. The lowest BCUT2D eigenvalue weighted by atomic mass is 10.4. The molecule has 13 heavy (non-hydrogen) atoms. The predicted octanol–water partition coefficient (Wildman–Crippen LogP) is 2.91. The second-order valence-corrected chi connectivity index (χ2v) is 4.66. The van der Waals surface area contributed by atoms with Crippen LogP contribution in [0.5, 0.6) is 0 Å². The molecule has 0 saturated carbocycles. The van der Waals surface area contributed by atoms with Crippen molar-refractivity contribution in [3.63, 3.8) is 0 Å². The van der Waals surface area contributed by atoms with Crippen LogP contribution in [-0.4, -0.2) is 24.0 Å². The molecule has 1 aromatic rings. The van der Waals surface area contributed by atoms with Crippen LogP contribution in [0.2, 0.25) is 0 Å². The Morgan fingerprint density at radius 1 is 1.62 bits per heavy atom. The molecule has 0 saturated heterocycles. The summed E-state index contributed by atoms with van der Waals surface area (Å²) in [5.41, 5.74) is 0. The lowest BCUT2D eigenvalue weighted by Crippen LogP contribution is -2.24. The van der Waals surface area contributed by atoms with Crippen LogP contribution in [-0.2, 0) is 0 Å². The summed E-state index contributed by atoms with van der Waals surface area (Å²) < 4.78 is 0.989. The zero-order valence-electron chi connectivity index (χ0n) is 7.67. The van der Waals surface area contributed by atoms with E-state index in [0.717, 1.165) is 16.8 Å². The van der Waals surface area contributed by atoms with Crippen LogP contribution in [0.3, 0.4) is 0 Å². The highest BCUT2D eigenvalue weighted by molar-refractivity contribution is 9.10. The van der Waals surface area contributed by atoms with Gasteiger partial charge in [-0.2, -0.15) is 0 Å². The maximum Gasteiger partial charge on any atom is 0.128 e. The summed E-state index contributed by atoms with van der Waals surface area (Å²) in [5.74, 6) is 0.940. The van der Waals surface area contributed by atoms with Crippen LogP contribution in [0.15, 0.2) is 22.8 Å². The van der Waals surface area contributed by atoms with E-state index in [1.54, 1.807) is 6.20 Å². The number of aromatic nitrogens is 1. The van der Waals surface area contributed by atoms with Crippen molar-refractivity contribution in [3.8, 4) is 0 Å². The Hall–Kier alpha value is -0.280. The van der Waals surface area contributed by atoms with Crippen LogP contribution < -0.4 is 4.90 Å². The van der Waals surface area contributed by atoms with Gasteiger partial charge >= 0.3 is 0 Å². The summed E-state index contributed by atoms with van der Waals surface area (Å²) in [6.07, 6.45) is 1.78. The largest absolute Gasteiger partial charge is 0.358 e. The van der Waals surface area contributed by atoms with Crippen molar-refractivity contribution in [3.05, 3.63) is 22.8 Å². The van der Waals surface area contributed by atoms with Gasteiger partial charge in [0.15, 0.2) is 0 Å². The molecular formula is C9H12BrClN2. The number of nitrogens with zero attached hydrogens (tertiary/aromatic N) is 2. The Morgan fingerprint density at radius 2 is 2.31 bits per heavy atom. The van der Waals surface area contributed by atoms with Crippen molar-refractivity contribution in [2.45, 2.75) is 12.3 Å². The number of alkyl halides is 1. The van der Waals surface area contributed by atoms with Gasteiger partial charge in [0.2, 0.25) is 0 Å². The molecule has 0 aliphatic heterocycles. The number of pyridine rings is 1. The van der Waals surface area contributed by atoms with Crippen molar-refractivity contribution in [1.29, 1.82) is 0 Å². The first kappa shape index (κ1) is 10.8. The van der Waals surface area contributed by atoms with Crippen LogP contribution in [0.4, 0.5) is 5.82 Å². The molecule has 0 aliphatic carbocycles. The summed E-state index contributed by atoms with van der Waals surface area (Å²) in [4.78, 5) is 6.28. The van der Waals surface area contributed by atoms with Crippen molar-refractivity contribution in [2.24, 2.45) is 0 Å². The van der Waals surface area contributed by atoms with E-state index >= 15 is 0 Å². The number of hydrogen-bond donors (Lipinski definition) is 0. The van der Waals surface area contributed by atoms with Crippen molar-refractivity contribution >= 4 is 33.3 Å². The van der Waals surface area contributed by atoms with E-state index in [0.29, 0.717) is 0 Å². The van der Waals surface area contributed by atoms with Gasteiger partial charge in [0.05, 0.1) is 0 Å². The smallest absolute Gasteiger partial charge is 0.128 e. The van der Waals surface area contributed by atoms with Gasteiger partial charge in [-0.25, -0.2) is 4.98 Å². The third kappa shape index (κ3) is 3.53. The molecule has 0 aromatic carbocycles. The van der Waals surface area contributed by atoms with Crippen molar-refractivity contribution < 1.29 is 0 Å². The summed E-state index contributed by atoms with van der Waals surface area (Å²) in [7, 11) is 1.98. The topological polar surface area (TPSA) is 16.1 Å². The lowest BCUT2D eigenvalue weighted by molar-refractivity contribution is 0.844. The fourth-order valence-corrected chi connectivity index (χ4v) is 1.51. The van der Waals surface area contributed by atoms with Gasteiger partial charge in [0.1, 0.15) is 5.82 Å². The van der Waals surface area contributed by atoms with E-state index in [1.165, 1.54) is 0 Å². The Labute approximate surface area is 92.0 Å². The van der Waals surface area contributed by atoms with Crippen molar-refractivity contribution in [1.82, 2.24) is 4.98 Å². The zero-order chi connectivity index (χ0) is 9.84. The van der Waals surface area contributed by atoms with Crippen LogP contribution in [0, 0.1) is 0 Å². The minimum atomic E-state index is 0.135. The summed E-state index contributed by atoms with van der Waals surface area (Å²) in [5, 5.41) is 0.135. The van der Waals surface area contributed by atoms with E-state index < -0.39 is 0 Å². The number of anilines is 1.